The lowest BCUT2D eigenvalue weighted by molar-refractivity contribution is 0.102. The number of amides is 1. The SMILES string of the molecule is Cc1sc(NC(=O)c2ccccc2)c(CN2CCc3ccccc3C2)c1C. The fourth-order valence-electron chi connectivity index (χ4n) is 3.64. The van der Waals surface area contributed by atoms with Crippen molar-refractivity contribution in [2.45, 2.75) is 33.4 Å². The number of anilines is 1. The van der Waals surface area contributed by atoms with Crippen LogP contribution in [0.1, 0.15) is 37.5 Å². The highest BCUT2D eigenvalue weighted by Crippen LogP contribution is 2.34. The minimum absolute atomic E-state index is 0.0397. The summed E-state index contributed by atoms with van der Waals surface area (Å²) in [5.74, 6) is -0.0397. The molecule has 0 saturated carbocycles. The molecule has 0 aliphatic carbocycles. The van der Waals surface area contributed by atoms with E-state index in [0.717, 1.165) is 31.1 Å². The van der Waals surface area contributed by atoms with Crippen LogP contribution in [0.5, 0.6) is 0 Å². The average molecular weight is 377 g/mol. The third-order valence-corrected chi connectivity index (χ3v) is 6.53. The summed E-state index contributed by atoms with van der Waals surface area (Å²) in [6.07, 6.45) is 1.09. The second kappa shape index (κ2) is 7.67. The van der Waals surface area contributed by atoms with Gasteiger partial charge in [-0.1, -0.05) is 42.5 Å². The zero-order valence-corrected chi connectivity index (χ0v) is 16.6. The maximum Gasteiger partial charge on any atom is 0.256 e. The van der Waals surface area contributed by atoms with Crippen molar-refractivity contribution in [3.8, 4) is 0 Å². The van der Waals surface area contributed by atoms with Gasteiger partial charge in [0.25, 0.3) is 5.91 Å². The number of hydrogen-bond acceptors (Lipinski definition) is 3. The van der Waals surface area contributed by atoms with Gasteiger partial charge in [0.15, 0.2) is 0 Å². The van der Waals surface area contributed by atoms with Gasteiger partial charge in [-0.2, -0.15) is 0 Å². The molecule has 0 saturated heterocycles. The molecule has 2 aromatic carbocycles. The minimum Gasteiger partial charge on any atom is -0.313 e. The minimum atomic E-state index is -0.0397. The van der Waals surface area contributed by atoms with Crippen molar-refractivity contribution in [3.05, 3.63) is 87.3 Å². The fraction of sp³-hybridized carbons (Fsp3) is 0.261. The molecular weight excluding hydrogens is 352 g/mol. The van der Waals surface area contributed by atoms with Gasteiger partial charge in [-0.3, -0.25) is 9.69 Å². The highest BCUT2D eigenvalue weighted by Gasteiger charge is 2.21. The van der Waals surface area contributed by atoms with Gasteiger partial charge in [-0.15, -0.1) is 11.3 Å². The zero-order valence-electron chi connectivity index (χ0n) is 15.8. The summed E-state index contributed by atoms with van der Waals surface area (Å²) in [4.78, 5) is 16.4. The Hall–Kier alpha value is -2.43. The Morgan fingerprint density at radius 2 is 1.74 bits per heavy atom. The first-order chi connectivity index (χ1) is 13.1. The van der Waals surface area contributed by atoms with Crippen molar-refractivity contribution in [2.75, 3.05) is 11.9 Å². The molecule has 1 aromatic heterocycles. The van der Waals surface area contributed by atoms with E-state index in [1.165, 1.54) is 27.1 Å². The van der Waals surface area contributed by atoms with Crippen LogP contribution in [0.4, 0.5) is 5.00 Å². The van der Waals surface area contributed by atoms with E-state index >= 15 is 0 Å². The number of hydrogen-bond donors (Lipinski definition) is 1. The van der Waals surface area contributed by atoms with E-state index in [1.807, 2.05) is 30.3 Å². The smallest absolute Gasteiger partial charge is 0.256 e. The van der Waals surface area contributed by atoms with Crippen LogP contribution in [-0.4, -0.2) is 17.4 Å². The Kier molecular flexibility index (Phi) is 5.10. The van der Waals surface area contributed by atoms with Crippen LogP contribution in [0.25, 0.3) is 0 Å². The molecule has 4 heteroatoms. The standard InChI is InChI=1S/C23H24N2OS/c1-16-17(2)27-23(24-22(26)19-9-4-3-5-10-19)21(16)15-25-13-12-18-8-6-7-11-20(18)14-25/h3-11H,12-15H2,1-2H3,(H,24,26). The largest absolute Gasteiger partial charge is 0.313 e. The summed E-state index contributed by atoms with van der Waals surface area (Å²) in [5.41, 5.74) is 6.12. The Bertz CT molecular complexity index is 962. The monoisotopic (exact) mass is 376 g/mol. The van der Waals surface area contributed by atoms with Crippen LogP contribution in [-0.2, 0) is 19.5 Å². The molecule has 1 N–H and O–H groups in total. The molecule has 1 aliphatic rings. The molecule has 3 aromatic rings. The highest BCUT2D eigenvalue weighted by molar-refractivity contribution is 7.16. The maximum absolute atomic E-state index is 12.6. The average Bonchev–Trinajstić information content (AvgIpc) is 2.96. The Morgan fingerprint density at radius 1 is 1.04 bits per heavy atom. The Morgan fingerprint density at radius 3 is 2.52 bits per heavy atom. The predicted molar refractivity (Wildman–Crippen MR) is 112 cm³/mol. The number of rotatable bonds is 4. The fourth-order valence-corrected chi connectivity index (χ4v) is 4.71. The number of aryl methyl sites for hydroxylation is 1. The molecule has 0 radical (unpaired) electrons. The van der Waals surface area contributed by atoms with Crippen LogP contribution >= 0.6 is 11.3 Å². The molecule has 27 heavy (non-hydrogen) atoms. The molecule has 3 nitrogen and oxygen atoms in total. The molecule has 1 amide bonds. The van der Waals surface area contributed by atoms with Crippen LogP contribution < -0.4 is 5.32 Å². The summed E-state index contributed by atoms with van der Waals surface area (Å²) in [5, 5.41) is 4.13. The number of fused-ring (bicyclic) bond motifs is 1. The molecule has 138 valence electrons. The first kappa shape index (κ1) is 18.0. The number of benzene rings is 2. The van der Waals surface area contributed by atoms with Gasteiger partial charge in [0.05, 0.1) is 0 Å². The summed E-state index contributed by atoms with van der Waals surface area (Å²) in [6.45, 7) is 7.19. The Balaban J connectivity index is 1.54. The lowest BCUT2D eigenvalue weighted by atomic mass is 9.99. The first-order valence-electron chi connectivity index (χ1n) is 9.36. The van der Waals surface area contributed by atoms with E-state index < -0.39 is 0 Å². The maximum atomic E-state index is 12.6. The Labute approximate surface area is 164 Å². The van der Waals surface area contributed by atoms with Crippen molar-refractivity contribution in [3.63, 3.8) is 0 Å². The zero-order chi connectivity index (χ0) is 18.8. The number of thiophene rings is 1. The molecule has 0 unspecified atom stereocenters. The first-order valence-corrected chi connectivity index (χ1v) is 10.2. The molecule has 2 heterocycles. The molecule has 0 bridgehead atoms. The van der Waals surface area contributed by atoms with E-state index in [4.69, 9.17) is 0 Å². The summed E-state index contributed by atoms with van der Waals surface area (Å²) in [7, 11) is 0. The van der Waals surface area contributed by atoms with Gasteiger partial charge in [-0.25, -0.2) is 0 Å². The second-order valence-electron chi connectivity index (χ2n) is 7.14. The normalized spacial score (nSPS) is 14.0. The number of carbonyl (C=O) groups excluding carboxylic acids is 1. The third kappa shape index (κ3) is 3.82. The van der Waals surface area contributed by atoms with Gasteiger partial charge in [0.1, 0.15) is 5.00 Å². The lowest BCUT2D eigenvalue weighted by Crippen LogP contribution is -2.30. The predicted octanol–water partition coefficient (Wildman–Crippen LogP) is 5.18. The van der Waals surface area contributed by atoms with Crippen LogP contribution in [0.3, 0.4) is 0 Å². The highest BCUT2D eigenvalue weighted by atomic mass is 32.1. The number of nitrogens with one attached hydrogen (secondary N) is 1. The van der Waals surface area contributed by atoms with E-state index in [1.54, 1.807) is 11.3 Å². The molecule has 1 aliphatic heterocycles. The topological polar surface area (TPSA) is 32.3 Å². The van der Waals surface area contributed by atoms with Gasteiger partial charge in [0, 0.05) is 35.6 Å². The van der Waals surface area contributed by atoms with Crippen molar-refractivity contribution in [2.24, 2.45) is 0 Å². The van der Waals surface area contributed by atoms with Crippen molar-refractivity contribution < 1.29 is 4.79 Å². The summed E-state index contributed by atoms with van der Waals surface area (Å²) < 4.78 is 0. The quantitative estimate of drug-likeness (QED) is 0.681. The van der Waals surface area contributed by atoms with Gasteiger partial charge in [0.2, 0.25) is 0 Å². The lowest BCUT2D eigenvalue weighted by Gasteiger charge is -2.29. The van der Waals surface area contributed by atoms with E-state index in [2.05, 4.69) is 48.3 Å². The molecule has 4 rings (SSSR count). The van der Waals surface area contributed by atoms with Crippen molar-refractivity contribution in [1.29, 1.82) is 0 Å². The molecule has 0 atom stereocenters. The van der Waals surface area contributed by atoms with E-state index in [0.29, 0.717) is 5.56 Å². The second-order valence-corrected chi connectivity index (χ2v) is 8.37. The van der Waals surface area contributed by atoms with Crippen molar-refractivity contribution >= 4 is 22.2 Å². The van der Waals surface area contributed by atoms with Crippen LogP contribution in [0.15, 0.2) is 54.6 Å². The number of nitrogens with zero attached hydrogens (tertiary/aromatic N) is 1. The van der Waals surface area contributed by atoms with Crippen molar-refractivity contribution in [1.82, 2.24) is 4.90 Å². The van der Waals surface area contributed by atoms with Crippen LogP contribution in [0, 0.1) is 13.8 Å². The third-order valence-electron chi connectivity index (χ3n) is 5.36. The van der Waals surface area contributed by atoms with Gasteiger partial charge < -0.3 is 5.32 Å². The summed E-state index contributed by atoms with van der Waals surface area (Å²) >= 11 is 1.68. The summed E-state index contributed by atoms with van der Waals surface area (Å²) in [6, 6.07) is 18.1. The number of carbonyl (C=O) groups is 1. The van der Waals surface area contributed by atoms with E-state index in [9.17, 15) is 4.79 Å². The van der Waals surface area contributed by atoms with Crippen LogP contribution in [0.2, 0.25) is 0 Å². The molecule has 0 fully saturated rings. The van der Waals surface area contributed by atoms with Gasteiger partial charge in [-0.05, 0) is 49.1 Å². The molecular formula is C23H24N2OS. The van der Waals surface area contributed by atoms with E-state index in [-0.39, 0.29) is 5.91 Å². The van der Waals surface area contributed by atoms with Gasteiger partial charge >= 0.3 is 0 Å². The molecule has 0 spiro atoms.